The SMILES string of the molecule is Cn1ccc(C(=O)NCCN(CCNC(=O)c2ccc(C(=O)N3CCSC3=S)c(OCc3ccccc3)c2OCc2ccccc2)CCNC(=O)c2ccn(C)c(=O)c2OCc2ccccc2)c(OCc2ccccc2)c1=O. The molecule has 0 aliphatic carbocycles. The summed E-state index contributed by atoms with van der Waals surface area (Å²) in [7, 11) is 3.15. The van der Waals surface area contributed by atoms with E-state index < -0.39 is 28.8 Å². The molecule has 0 spiro atoms. The van der Waals surface area contributed by atoms with Crippen LogP contribution in [0.1, 0.15) is 63.7 Å². The standard InChI is InChI=1S/C59H59N7O10S2/c1-63-30-25-46(51(57(63)71)75-39-43-19-11-5-12-20-43)54(68)61-28-33-65(34-29-62-55(69)47-26-31-64(2)58(72)52(47)76-40-44-21-13-6-14-22-44)32-27-60-53(67)45-23-24-48(56(70)66-35-36-78-59(66)77)50(74-38-42-17-9-4-10-18-42)49(45)73-37-41-15-7-3-8-16-41/h3-26,30-31H,27-29,32-40H2,1-2H3,(H,60,67)(H,61,68)(H,62,69). The highest BCUT2D eigenvalue weighted by molar-refractivity contribution is 8.23. The van der Waals surface area contributed by atoms with Crippen molar-refractivity contribution in [3.8, 4) is 23.0 Å². The van der Waals surface area contributed by atoms with Crippen LogP contribution in [0, 0.1) is 0 Å². The quantitative estimate of drug-likeness (QED) is 0.0509. The number of hydrogen-bond acceptors (Lipinski definition) is 13. The number of carbonyl (C=O) groups excluding carboxylic acids is 4. The first-order valence-electron chi connectivity index (χ1n) is 25.2. The summed E-state index contributed by atoms with van der Waals surface area (Å²) in [6.07, 6.45) is 2.99. The Morgan fingerprint density at radius 2 is 0.821 bits per heavy atom. The monoisotopic (exact) mass is 1090 g/mol. The van der Waals surface area contributed by atoms with E-state index in [4.69, 9.17) is 31.2 Å². The van der Waals surface area contributed by atoms with Gasteiger partial charge in [0.2, 0.25) is 0 Å². The van der Waals surface area contributed by atoms with Gasteiger partial charge in [0.1, 0.15) is 30.7 Å². The number of aromatic nitrogens is 2. The fraction of sp³-hybridized carbons (Fsp3) is 0.237. The van der Waals surface area contributed by atoms with Crippen molar-refractivity contribution in [2.75, 3.05) is 51.6 Å². The van der Waals surface area contributed by atoms with Crippen molar-refractivity contribution in [3.05, 3.63) is 223 Å². The summed E-state index contributed by atoms with van der Waals surface area (Å²) in [6, 6.07) is 43.5. The van der Waals surface area contributed by atoms with E-state index in [1.54, 1.807) is 20.2 Å². The highest BCUT2D eigenvalue weighted by Crippen LogP contribution is 2.38. The Morgan fingerprint density at radius 3 is 1.18 bits per heavy atom. The van der Waals surface area contributed by atoms with Gasteiger partial charge in [0.05, 0.1) is 22.3 Å². The van der Waals surface area contributed by atoms with Gasteiger partial charge in [-0.05, 0) is 46.5 Å². The average molecular weight is 1090 g/mol. The second-order valence-electron chi connectivity index (χ2n) is 18.0. The Morgan fingerprint density at radius 1 is 0.487 bits per heavy atom. The molecule has 17 nitrogen and oxygen atoms in total. The molecule has 1 saturated heterocycles. The number of benzene rings is 5. The number of ether oxygens (including phenoxy) is 4. The Labute approximate surface area is 461 Å². The summed E-state index contributed by atoms with van der Waals surface area (Å²) in [5, 5.41) is 8.82. The van der Waals surface area contributed by atoms with E-state index in [-0.39, 0.29) is 117 Å². The molecule has 0 radical (unpaired) electrons. The zero-order chi connectivity index (χ0) is 54.8. The summed E-state index contributed by atoms with van der Waals surface area (Å²) in [6.45, 7) is 1.64. The molecule has 3 heterocycles. The lowest BCUT2D eigenvalue weighted by Gasteiger charge is -2.24. The summed E-state index contributed by atoms with van der Waals surface area (Å²) < 4.78 is 27.9. The second kappa shape index (κ2) is 27.5. The highest BCUT2D eigenvalue weighted by Gasteiger charge is 2.31. The molecule has 8 rings (SSSR count). The summed E-state index contributed by atoms with van der Waals surface area (Å²) >= 11 is 6.95. The Kier molecular flexibility index (Phi) is 19.6. The van der Waals surface area contributed by atoms with Crippen LogP contribution in [0.5, 0.6) is 23.0 Å². The molecule has 1 aliphatic rings. The average Bonchev–Trinajstić information content (AvgIpc) is 3.99. The van der Waals surface area contributed by atoms with Gasteiger partial charge in [0.15, 0.2) is 23.0 Å². The lowest BCUT2D eigenvalue weighted by Crippen LogP contribution is -2.43. The van der Waals surface area contributed by atoms with E-state index in [1.807, 2.05) is 126 Å². The lowest BCUT2D eigenvalue weighted by molar-refractivity contribution is 0.0851. The molecule has 3 N–H and O–H groups in total. The molecular formula is C59H59N7O10S2. The number of rotatable bonds is 25. The van der Waals surface area contributed by atoms with Gasteiger partial charge in [-0.2, -0.15) is 0 Å². The van der Waals surface area contributed by atoms with E-state index in [2.05, 4.69) is 16.0 Å². The van der Waals surface area contributed by atoms with Gasteiger partial charge in [0, 0.05) is 78.1 Å². The van der Waals surface area contributed by atoms with Crippen molar-refractivity contribution in [1.29, 1.82) is 0 Å². The van der Waals surface area contributed by atoms with Crippen LogP contribution in [0.2, 0.25) is 0 Å². The molecule has 5 aromatic carbocycles. The van der Waals surface area contributed by atoms with Crippen molar-refractivity contribution in [2.24, 2.45) is 14.1 Å². The molecule has 0 bridgehead atoms. The lowest BCUT2D eigenvalue weighted by atomic mass is 10.1. The first kappa shape index (κ1) is 55.7. The molecule has 0 unspecified atom stereocenters. The predicted molar refractivity (Wildman–Crippen MR) is 302 cm³/mol. The van der Waals surface area contributed by atoms with E-state index in [1.165, 1.54) is 56.4 Å². The molecule has 7 aromatic rings. The van der Waals surface area contributed by atoms with E-state index in [0.717, 1.165) is 22.3 Å². The maximum absolute atomic E-state index is 14.5. The maximum Gasteiger partial charge on any atom is 0.293 e. The summed E-state index contributed by atoms with van der Waals surface area (Å²) in [5.74, 6) is -1.34. The van der Waals surface area contributed by atoms with Gasteiger partial charge < -0.3 is 44.0 Å². The molecule has 1 aliphatic heterocycles. The van der Waals surface area contributed by atoms with Crippen LogP contribution in [0.15, 0.2) is 168 Å². The van der Waals surface area contributed by atoms with Crippen LogP contribution >= 0.6 is 24.0 Å². The van der Waals surface area contributed by atoms with Crippen LogP contribution < -0.4 is 46.0 Å². The molecule has 4 amide bonds. The minimum absolute atomic E-state index is 0.0556. The topological polar surface area (TPSA) is 192 Å². The van der Waals surface area contributed by atoms with Crippen LogP contribution in [-0.4, -0.2) is 98.4 Å². The van der Waals surface area contributed by atoms with Crippen LogP contribution in [0.3, 0.4) is 0 Å². The van der Waals surface area contributed by atoms with Crippen molar-refractivity contribution < 1.29 is 38.1 Å². The highest BCUT2D eigenvalue weighted by atomic mass is 32.2. The van der Waals surface area contributed by atoms with Gasteiger partial charge >= 0.3 is 0 Å². The first-order chi connectivity index (χ1) is 37.9. The van der Waals surface area contributed by atoms with E-state index >= 15 is 0 Å². The fourth-order valence-corrected chi connectivity index (χ4v) is 9.49. The molecule has 1 fully saturated rings. The van der Waals surface area contributed by atoms with Crippen molar-refractivity contribution in [1.82, 2.24) is 34.9 Å². The van der Waals surface area contributed by atoms with Crippen molar-refractivity contribution >= 4 is 51.9 Å². The third-order valence-electron chi connectivity index (χ3n) is 12.6. The molecule has 19 heteroatoms. The normalized spacial score (nSPS) is 12.0. The number of nitrogens with zero attached hydrogens (tertiary/aromatic N) is 4. The number of amides is 4. The van der Waals surface area contributed by atoms with Crippen LogP contribution in [0.4, 0.5) is 0 Å². The maximum atomic E-state index is 14.5. The van der Waals surface area contributed by atoms with Crippen LogP contribution in [-0.2, 0) is 40.5 Å². The molecule has 78 heavy (non-hydrogen) atoms. The number of hydrogen-bond donors (Lipinski definition) is 3. The molecule has 402 valence electrons. The number of carbonyl (C=O) groups is 4. The number of pyridine rings is 2. The van der Waals surface area contributed by atoms with Crippen molar-refractivity contribution in [2.45, 2.75) is 26.4 Å². The Bertz CT molecular complexity index is 3220. The molecular weight excluding hydrogens is 1030 g/mol. The minimum atomic E-state index is -0.536. The Hall–Kier alpha value is -8.52. The molecule has 2 aromatic heterocycles. The zero-order valence-corrected chi connectivity index (χ0v) is 44.8. The van der Waals surface area contributed by atoms with E-state index in [9.17, 15) is 28.8 Å². The van der Waals surface area contributed by atoms with Gasteiger partial charge in [0.25, 0.3) is 34.7 Å². The summed E-state index contributed by atoms with van der Waals surface area (Å²) in [4.78, 5) is 86.2. The second-order valence-corrected chi connectivity index (χ2v) is 19.8. The van der Waals surface area contributed by atoms with Crippen LogP contribution in [0.25, 0.3) is 0 Å². The van der Waals surface area contributed by atoms with Gasteiger partial charge in [-0.1, -0.05) is 145 Å². The molecule has 0 saturated carbocycles. The number of aryl methyl sites for hydroxylation is 2. The minimum Gasteiger partial charge on any atom is -0.484 e. The third-order valence-corrected chi connectivity index (χ3v) is 14.0. The van der Waals surface area contributed by atoms with Gasteiger partial charge in [-0.15, -0.1) is 0 Å². The number of thioether (sulfide) groups is 1. The Balaban J connectivity index is 1.01. The summed E-state index contributed by atoms with van der Waals surface area (Å²) in [5.41, 5.74) is 2.75. The fourth-order valence-electron chi connectivity index (χ4n) is 8.29. The van der Waals surface area contributed by atoms with Gasteiger partial charge in [-0.3, -0.25) is 38.6 Å². The smallest absolute Gasteiger partial charge is 0.293 e. The van der Waals surface area contributed by atoms with Gasteiger partial charge in [-0.25, -0.2) is 0 Å². The third kappa shape index (κ3) is 14.7. The van der Waals surface area contributed by atoms with Crippen molar-refractivity contribution in [3.63, 3.8) is 0 Å². The zero-order valence-electron chi connectivity index (χ0n) is 43.2. The molecule has 0 atom stereocenters. The van der Waals surface area contributed by atoms with E-state index in [0.29, 0.717) is 16.6 Å². The number of thiocarbonyl (C=S) groups is 1. The predicted octanol–water partition coefficient (Wildman–Crippen LogP) is 6.77. The first-order valence-corrected chi connectivity index (χ1v) is 26.6. The number of nitrogens with one attached hydrogen (secondary N) is 3. The largest absolute Gasteiger partial charge is 0.484 e.